The molecule has 0 spiro atoms. The van der Waals surface area contributed by atoms with Gasteiger partial charge in [-0.3, -0.25) is 19.3 Å². The third-order valence-electron chi connectivity index (χ3n) is 5.49. The highest BCUT2D eigenvalue weighted by atomic mass is 79.9. The minimum atomic E-state index is -0.545. The highest BCUT2D eigenvalue weighted by Gasteiger charge is 2.36. The van der Waals surface area contributed by atoms with Crippen LogP contribution in [-0.4, -0.2) is 35.1 Å². The average Bonchev–Trinajstić information content (AvgIpc) is 3.12. The van der Waals surface area contributed by atoms with Gasteiger partial charge in [0.15, 0.2) is 11.5 Å². The second-order valence-electron chi connectivity index (χ2n) is 8.47. The maximum atomic E-state index is 13.0. The number of rotatable bonds is 9. The first kappa shape index (κ1) is 29.0. The van der Waals surface area contributed by atoms with Crippen molar-refractivity contribution in [2.24, 2.45) is 0 Å². The molecule has 1 aliphatic heterocycles. The molecule has 0 aromatic heterocycles. The van der Waals surface area contributed by atoms with Gasteiger partial charge >= 0.3 is 0 Å². The van der Waals surface area contributed by atoms with Crippen LogP contribution in [0.15, 0.2) is 64.0 Å². The van der Waals surface area contributed by atoms with Crippen LogP contribution in [0.3, 0.4) is 0 Å². The van der Waals surface area contributed by atoms with Crippen LogP contribution in [0.1, 0.15) is 23.6 Å². The summed E-state index contributed by atoms with van der Waals surface area (Å²) >= 11 is 16.5. The van der Waals surface area contributed by atoms with Crippen LogP contribution in [0.25, 0.3) is 6.08 Å². The van der Waals surface area contributed by atoms with E-state index in [2.05, 4.69) is 21.2 Å². The van der Waals surface area contributed by atoms with Crippen molar-refractivity contribution in [2.45, 2.75) is 20.5 Å². The Balaban J connectivity index is 1.50. The van der Waals surface area contributed by atoms with Gasteiger partial charge in [0.2, 0.25) is 5.91 Å². The molecule has 39 heavy (non-hydrogen) atoms. The second kappa shape index (κ2) is 12.9. The van der Waals surface area contributed by atoms with Crippen molar-refractivity contribution in [3.05, 3.63) is 90.7 Å². The van der Waals surface area contributed by atoms with Gasteiger partial charge in [-0.1, -0.05) is 41.4 Å². The fraction of sp³-hybridized carbons (Fsp3) is 0.179. The quantitative estimate of drug-likeness (QED) is 0.239. The van der Waals surface area contributed by atoms with Crippen molar-refractivity contribution in [1.29, 1.82) is 0 Å². The number of ether oxygens (including phenoxy) is 2. The Morgan fingerprint density at radius 2 is 1.90 bits per heavy atom. The van der Waals surface area contributed by atoms with Crippen LogP contribution in [0.2, 0.25) is 10.0 Å². The zero-order chi connectivity index (χ0) is 28.1. The molecule has 0 atom stereocenters. The maximum absolute atomic E-state index is 13.0. The highest BCUT2D eigenvalue weighted by molar-refractivity contribution is 9.10. The molecule has 1 saturated heterocycles. The van der Waals surface area contributed by atoms with Gasteiger partial charge in [-0.15, -0.1) is 0 Å². The lowest BCUT2D eigenvalue weighted by Gasteiger charge is -2.15. The second-order valence-corrected chi connectivity index (χ2v) is 11.2. The van der Waals surface area contributed by atoms with Crippen molar-refractivity contribution in [1.82, 2.24) is 4.90 Å². The fourth-order valence-corrected chi connectivity index (χ4v) is 5.59. The van der Waals surface area contributed by atoms with Crippen molar-refractivity contribution < 1.29 is 23.9 Å². The average molecular weight is 650 g/mol. The summed E-state index contributed by atoms with van der Waals surface area (Å²) in [5.41, 5.74) is 2.93. The molecule has 4 rings (SSSR count). The van der Waals surface area contributed by atoms with Gasteiger partial charge in [0, 0.05) is 21.3 Å². The van der Waals surface area contributed by atoms with Gasteiger partial charge in [0.25, 0.3) is 11.1 Å². The number of hydrogen-bond donors (Lipinski definition) is 1. The van der Waals surface area contributed by atoms with Crippen LogP contribution < -0.4 is 14.8 Å². The molecule has 1 heterocycles. The molecule has 0 aliphatic carbocycles. The van der Waals surface area contributed by atoms with Crippen molar-refractivity contribution in [3.8, 4) is 11.5 Å². The number of hydrogen-bond acceptors (Lipinski definition) is 6. The topological polar surface area (TPSA) is 84.9 Å². The molecule has 0 bridgehead atoms. The van der Waals surface area contributed by atoms with E-state index in [1.807, 2.05) is 26.0 Å². The number of nitrogens with zero attached hydrogens (tertiary/aromatic N) is 1. The number of halogens is 3. The predicted molar refractivity (Wildman–Crippen MR) is 159 cm³/mol. The SMILES string of the molecule is CCOc1cc(/C=C2\SC(=O)N(CC(=O)Nc3cccc(C)c3)C2=O)cc(Br)c1OCc1ccc(Cl)cc1Cl. The molecule has 1 aliphatic rings. The summed E-state index contributed by atoms with van der Waals surface area (Å²) in [4.78, 5) is 39.2. The first-order chi connectivity index (χ1) is 18.6. The number of imide groups is 1. The Hall–Kier alpha value is -2.98. The molecule has 0 saturated carbocycles. The Morgan fingerprint density at radius 1 is 1.10 bits per heavy atom. The molecule has 7 nitrogen and oxygen atoms in total. The van der Waals surface area contributed by atoms with E-state index in [9.17, 15) is 14.4 Å². The molecule has 0 unspecified atom stereocenters. The molecule has 1 fully saturated rings. The standard InChI is InChI=1S/C28H23BrCl2N2O5S/c1-3-37-23-11-17(10-21(29)26(23)38-15-18-7-8-19(30)13-22(18)31)12-24-27(35)33(28(36)39-24)14-25(34)32-20-6-4-5-16(2)9-20/h4-13H,3,14-15H2,1-2H3,(H,32,34)/b24-12-. The number of thioether (sulfide) groups is 1. The smallest absolute Gasteiger partial charge is 0.294 e. The van der Waals surface area contributed by atoms with E-state index < -0.39 is 17.1 Å². The summed E-state index contributed by atoms with van der Waals surface area (Å²) in [7, 11) is 0. The summed E-state index contributed by atoms with van der Waals surface area (Å²) in [6.45, 7) is 3.91. The summed E-state index contributed by atoms with van der Waals surface area (Å²) < 4.78 is 12.4. The number of anilines is 1. The fourth-order valence-electron chi connectivity index (χ4n) is 3.72. The van der Waals surface area contributed by atoms with Crippen molar-refractivity contribution in [2.75, 3.05) is 18.5 Å². The largest absolute Gasteiger partial charge is 0.490 e. The lowest BCUT2D eigenvalue weighted by Crippen LogP contribution is -2.36. The summed E-state index contributed by atoms with van der Waals surface area (Å²) in [5.74, 6) is -0.107. The van der Waals surface area contributed by atoms with Gasteiger partial charge in [0.05, 0.1) is 16.0 Å². The zero-order valence-electron chi connectivity index (χ0n) is 20.9. The normalized spacial score (nSPS) is 14.2. The van der Waals surface area contributed by atoms with Crippen LogP contribution >= 0.6 is 50.9 Å². The molecular formula is C28H23BrCl2N2O5S. The highest BCUT2D eigenvalue weighted by Crippen LogP contribution is 2.40. The Kier molecular flexibility index (Phi) is 9.61. The van der Waals surface area contributed by atoms with Gasteiger partial charge < -0.3 is 14.8 Å². The van der Waals surface area contributed by atoms with Gasteiger partial charge in [-0.05, 0) is 95.1 Å². The Bertz CT molecular complexity index is 1480. The number of nitrogens with one attached hydrogen (secondary N) is 1. The van der Waals surface area contributed by atoms with E-state index in [0.29, 0.717) is 43.9 Å². The van der Waals surface area contributed by atoms with Crippen molar-refractivity contribution in [3.63, 3.8) is 0 Å². The molecule has 11 heteroatoms. The van der Waals surface area contributed by atoms with Gasteiger partial charge in [-0.25, -0.2) is 0 Å². The number of benzene rings is 3. The van der Waals surface area contributed by atoms with Crippen LogP contribution in [0.4, 0.5) is 10.5 Å². The van der Waals surface area contributed by atoms with Crippen LogP contribution in [-0.2, 0) is 16.2 Å². The Labute approximate surface area is 248 Å². The monoisotopic (exact) mass is 648 g/mol. The van der Waals surface area contributed by atoms with Gasteiger partial charge in [0.1, 0.15) is 13.2 Å². The summed E-state index contributed by atoms with van der Waals surface area (Å²) in [6.07, 6.45) is 1.58. The van der Waals surface area contributed by atoms with E-state index in [4.69, 9.17) is 32.7 Å². The summed E-state index contributed by atoms with van der Waals surface area (Å²) in [5, 5.41) is 3.21. The molecule has 3 aromatic rings. The molecule has 1 N–H and O–H groups in total. The molecular weight excluding hydrogens is 627 g/mol. The van der Waals surface area contributed by atoms with Crippen LogP contribution in [0.5, 0.6) is 11.5 Å². The third-order valence-corrected chi connectivity index (χ3v) is 7.58. The maximum Gasteiger partial charge on any atom is 0.294 e. The minimum Gasteiger partial charge on any atom is -0.490 e. The lowest BCUT2D eigenvalue weighted by atomic mass is 10.1. The third kappa shape index (κ3) is 7.36. The van der Waals surface area contributed by atoms with E-state index in [0.717, 1.165) is 27.8 Å². The van der Waals surface area contributed by atoms with E-state index in [1.54, 1.807) is 48.5 Å². The minimum absolute atomic E-state index is 0.178. The number of aryl methyl sites for hydroxylation is 1. The molecule has 3 aromatic carbocycles. The molecule has 202 valence electrons. The van der Waals surface area contributed by atoms with E-state index in [-0.39, 0.29) is 18.1 Å². The predicted octanol–water partition coefficient (Wildman–Crippen LogP) is 7.72. The van der Waals surface area contributed by atoms with Crippen molar-refractivity contribution >= 4 is 79.7 Å². The first-order valence-electron chi connectivity index (χ1n) is 11.8. The number of carbonyl (C=O) groups excluding carboxylic acids is 3. The Morgan fingerprint density at radius 3 is 2.62 bits per heavy atom. The first-order valence-corrected chi connectivity index (χ1v) is 14.2. The van der Waals surface area contributed by atoms with Crippen LogP contribution in [0, 0.1) is 6.92 Å². The number of carbonyl (C=O) groups is 3. The van der Waals surface area contributed by atoms with E-state index >= 15 is 0 Å². The molecule has 0 radical (unpaired) electrons. The van der Waals surface area contributed by atoms with Gasteiger partial charge in [-0.2, -0.15) is 0 Å². The number of amides is 3. The zero-order valence-corrected chi connectivity index (χ0v) is 24.8. The lowest BCUT2D eigenvalue weighted by molar-refractivity contribution is -0.127. The van der Waals surface area contributed by atoms with E-state index in [1.165, 1.54) is 0 Å². The molecule has 3 amide bonds. The summed E-state index contributed by atoms with van der Waals surface area (Å²) in [6, 6.07) is 15.9.